The van der Waals surface area contributed by atoms with Crippen molar-refractivity contribution in [2.24, 2.45) is 0 Å². The summed E-state index contributed by atoms with van der Waals surface area (Å²) in [6.07, 6.45) is 0. The molecule has 0 aliphatic rings. The number of nitrogens with one attached hydrogen (secondary N) is 1. The zero-order valence-electron chi connectivity index (χ0n) is 10.2. The normalized spacial score (nSPS) is 10.4. The molecule has 0 unspecified atom stereocenters. The first-order valence-electron chi connectivity index (χ1n) is 5.57. The minimum absolute atomic E-state index is 0.0244. The van der Waals surface area contributed by atoms with E-state index in [0.29, 0.717) is 5.69 Å². The summed E-state index contributed by atoms with van der Waals surface area (Å²) < 4.78 is 26.8. The average molecular weight is 248 g/mol. The van der Waals surface area contributed by atoms with Crippen LogP contribution in [0.3, 0.4) is 0 Å². The Morgan fingerprint density at radius 1 is 1.06 bits per heavy atom. The topological polar surface area (TPSA) is 38.0 Å². The van der Waals surface area contributed by atoms with Gasteiger partial charge in [-0.1, -0.05) is 12.1 Å². The molecule has 0 bridgehead atoms. The van der Waals surface area contributed by atoms with Crippen LogP contribution in [0.4, 0.5) is 25.8 Å². The van der Waals surface area contributed by atoms with E-state index in [2.05, 4.69) is 5.32 Å². The standard InChI is InChI=1S/C14H14F2N2/c1-8-3-4-9(2)12(7-8)18-14-11(17)6-5-10(15)13(14)16/h3-7,18H,17H2,1-2H3. The van der Waals surface area contributed by atoms with Crippen LogP contribution in [0.1, 0.15) is 11.1 Å². The molecule has 0 aliphatic heterocycles. The van der Waals surface area contributed by atoms with Crippen molar-refractivity contribution in [1.82, 2.24) is 0 Å². The fourth-order valence-corrected chi connectivity index (χ4v) is 1.70. The molecule has 0 atom stereocenters. The van der Waals surface area contributed by atoms with E-state index in [9.17, 15) is 8.78 Å². The van der Waals surface area contributed by atoms with E-state index in [1.54, 1.807) is 0 Å². The molecule has 94 valence electrons. The molecule has 2 nitrogen and oxygen atoms in total. The van der Waals surface area contributed by atoms with Gasteiger partial charge in [-0.25, -0.2) is 8.78 Å². The largest absolute Gasteiger partial charge is 0.397 e. The molecule has 0 heterocycles. The summed E-state index contributed by atoms with van der Waals surface area (Å²) >= 11 is 0. The number of aryl methyl sites for hydroxylation is 2. The number of nitrogen functional groups attached to an aromatic ring is 1. The fraction of sp³-hybridized carbons (Fsp3) is 0.143. The predicted molar refractivity (Wildman–Crippen MR) is 70.0 cm³/mol. The van der Waals surface area contributed by atoms with Gasteiger partial charge in [-0.05, 0) is 43.2 Å². The maximum atomic E-state index is 13.7. The van der Waals surface area contributed by atoms with Gasteiger partial charge in [0.15, 0.2) is 11.6 Å². The van der Waals surface area contributed by atoms with E-state index in [1.165, 1.54) is 6.07 Å². The van der Waals surface area contributed by atoms with Crippen LogP contribution in [-0.2, 0) is 0 Å². The Kier molecular flexibility index (Phi) is 3.19. The van der Waals surface area contributed by atoms with Crippen LogP contribution in [0.2, 0.25) is 0 Å². The van der Waals surface area contributed by atoms with Crippen LogP contribution in [0, 0.1) is 25.5 Å². The van der Waals surface area contributed by atoms with Gasteiger partial charge in [0.05, 0.1) is 5.69 Å². The van der Waals surface area contributed by atoms with Gasteiger partial charge in [0.2, 0.25) is 0 Å². The second-order valence-corrected chi connectivity index (χ2v) is 4.27. The van der Waals surface area contributed by atoms with E-state index >= 15 is 0 Å². The van der Waals surface area contributed by atoms with Crippen molar-refractivity contribution < 1.29 is 8.78 Å². The van der Waals surface area contributed by atoms with E-state index in [0.717, 1.165) is 17.2 Å². The Morgan fingerprint density at radius 3 is 2.50 bits per heavy atom. The molecule has 2 aromatic rings. The smallest absolute Gasteiger partial charge is 0.184 e. The van der Waals surface area contributed by atoms with E-state index in [1.807, 2.05) is 32.0 Å². The minimum atomic E-state index is -0.962. The van der Waals surface area contributed by atoms with Crippen LogP contribution >= 0.6 is 0 Å². The monoisotopic (exact) mass is 248 g/mol. The lowest BCUT2D eigenvalue weighted by Gasteiger charge is -2.13. The molecule has 0 fully saturated rings. The predicted octanol–water partition coefficient (Wildman–Crippen LogP) is 3.91. The molecule has 2 rings (SSSR count). The molecular formula is C14H14F2N2. The zero-order valence-corrected chi connectivity index (χ0v) is 10.2. The molecule has 0 saturated heterocycles. The molecule has 0 saturated carbocycles. The van der Waals surface area contributed by atoms with Crippen molar-refractivity contribution in [2.75, 3.05) is 11.1 Å². The maximum Gasteiger partial charge on any atom is 0.184 e. The lowest BCUT2D eigenvalue weighted by atomic mass is 10.1. The second kappa shape index (κ2) is 4.64. The summed E-state index contributed by atoms with van der Waals surface area (Å²) in [5, 5.41) is 2.85. The second-order valence-electron chi connectivity index (χ2n) is 4.27. The van der Waals surface area contributed by atoms with Crippen LogP contribution in [0.5, 0.6) is 0 Å². The van der Waals surface area contributed by atoms with Gasteiger partial charge >= 0.3 is 0 Å². The number of rotatable bonds is 2. The zero-order chi connectivity index (χ0) is 13.3. The van der Waals surface area contributed by atoms with Gasteiger partial charge < -0.3 is 11.1 Å². The molecule has 18 heavy (non-hydrogen) atoms. The first-order chi connectivity index (χ1) is 8.49. The summed E-state index contributed by atoms with van der Waals surface area (Å²) in [7, 11) is 0. The molecular weight excluding hydrogens is 234 g/mol. The maximum absolute atomic E-state index is 13.7. The highest BCUT2D eigenvalue weighted by molar-refractivity contribution is 5.74. The summed E-state index contributed by atoms with van der Waals surface area (Å²) in [5.41, 5.74) is 8.48. The Balaban J connectivity index is 2.46. The van der Waals surface area contributed by atoms with Gasteiger partial charge in [0, 0.05) is 5.69 Å². The number of hydrogen-bond acceptors (Lipinski definition) is 2. The van der Waals surface area contributed by atoms with Crippen molar-refractivity contribution in [3.63, 3.8) is 0 Å². The molecule has 0 aliphatic carbocycles. The van der Waals surface area contributed by atoms with Crippen LogP contribution in [0.15, 0.2) is 30.3 Å². The highest BCUT2D eigenvalue weighted by Crippen LogP contribution is 2.29. The first-order valence-corrected chi connectivity index (χ1v) is 5.57. The van der Waals surface area contributed by atoms with E-state index in [4.69, 9.17) is 5.73 Å². The Labute approximate surface area is 104 Å². The summed E-state index contributed by atoms with van der Waals surface area (Å²) in [6.45, 7) is 3.81. The number of halogens is 2. The lowest BCUT2D eigenvalue weighted by molar-refractivity contribution is 0.512. The summed E-state index contributed by atoms with van der Waals surface area (Å²) in [6, 6.07) is 8.07. The van der Waals surface area contributed by atoms with Crippen LogP contribution < -0.4 is 11.1 Å². The minimum Gasteiger partial charge on any atom is -0.397 e. The third-order valence-electron chi connectivity index (χ3n) is 2.78. The molecule has 4 heteroatoms. The van der Waals surface area contributed by atoms with Gasteiger partial charge in [-0.15, -0.1) is 0 Å². The summed E-state index contributed by atoms with van der Waals surface area (Å²) in [5.74, 6) is -1.88. The number of anilines is 3. The molecule has 0 radical (unpaired) electrons. The van der Waals surface area contributed by atoms with Gasteiger partial charge in [0.1, 0.15) is 5.69 Å². The fourth-order valence-electron chi connectivity index (χ4n) is 1.70. The highest BCUT2D eigenvalue weighted by atomic mass is 19.2. The SMILES string of the molecule is Cc1ccc(C)c(Nc2c(N)ccc(F)c2F)c1. The lowest BCUT2D eigenvalue weighted by Crippen LogP contribution is -2.02. The van der Waals surface area contributed by atoms with Crippen molar-refractivity contribution in [3.05, 3.63) is 53.1 Å². The first kappa shape index (κ1) is 12.4. The molecule has 0 aromatic heterocycles. The van der Waals surface area contributed by atoms with Crippen molar-refractivity contribution in [3.8, 4) is 0 Å². The quantitative estimate of drug-likeness (QED) is 0.791. The number of benzene rings is 2. The van der Waals surface area contributed by atoms with Crippen LogP contribution in [0.25, 0.3) is 0 Å². The van der Waals surface area contributed by atoms with Gasteiger partial charge in [0.25, 0.3) is 0 Å². The van der Waals surface area contributed by atoms with Crippen molar-refractivity contribution >= 4 is 17.1 Å². The number of hydrogen-bond donors (Lipinski definition) is 2. The third-order valence-corrected chi connectivity index (χ3v) is 2.78. The third kappa shape index (κ3) is 2.27. The number of nitrogens with two attached hydrogens (primary N) is 1. The van der Waals surface area contributed by atoms with Crippen molar-refractivity contribution in [1.29, 1.82) is 0 Å². The van der Waals surface area contributed by atoms with Crippen LogP contribution in [-0.4, -0.2) is 0 Å². The average Bonchev–Trinajstić information content (AvgIpc) is 2.34. The Morgan fingerprint density at radius 2 is 1.78 bits per heavy atom. The van der Waals surface area contributed by atoms with Crippen molar-refractivity contribution in [2.45, 2.75) is 13.8 Å². The van der Waals surface area contributed by atoms with E-state index < -0.39 is 11.6 Å². The molecule has 0 spiro atoms. The molecule has 2 aromatic carbocycles. The summed E-state index contributed by atoms with van der Waals surface area (Å²) in [4.78, 5) is 0. The van der Waals surface area contributed by atoms with E-state index in [-0.39, 0.29) is 11.4 Å². The highest BCUT2D eigenvalue weighted by Gasteiger charge is 2.12. The Hall–Kier alpha value is -2.10. The Bertz CT molecular complexity index is 595. The van der Waals surface area contributed by atoms with Gasteiger partial charge in [-0.2, -0.15) is 0 Å². The molecule has 0 amide bonds. The van der Waals surface area contributed by atoms with Gasteiger partial charge in [-0.3, -0.25) is 0 Å². The molecule has 3 N–H and O–H groups in total.